The summed E-state index contributed by atoms with van der Waals surface area (Å²) >= 11 is 0. The third kappa shape index (κ3) is 1.60. The molecule has 0 aromatic carbocycles. The molecule has 11 heavy (non-hydrogen) atoms. The molecule has 62 valence electrons. The van der Waals surface area contributed by atoms with E-state index in [0.29, 0.717) is 5.82 Å². The number of hydrogen-bond donors (Lipinski definition) is 2. The highest BCUT2D eigenvalue weighted by Crippen LogP contribution is 2.07. The molecule has 0 atom stereocenters. The highest BCUT2D eigenvalue weighted by Gasteiger charge is 2.04. The van der Waals surface area contributed by atoms with Gasteiger partial charge in [0.25, 0.3) is 0 Å². The van der Waals surface area contributed by atoms with E-state index in [9.17, 15) is 0 Å². The quantitative estimate of drug-likeness (QED) is 0.683. The van der Waals surface area contributed by atoms with Gasteiger partial charge in [-0.3, -0.25) is 0 Å². The fourth-order valence-corrected chi connectivity index (χ4v) is 1.16. The molecule has 0 bridgehead atoms. The van der Waals surface area contributed by atoms with Crippen molar-refractivity contribution in [1.29, 1.82) is 0 Å². The number of aryl methyl sites for hydroxylation is 2. The van der Waals surface area contributed by atoms with Crippen molar-refractivity contribution in [2.24, 2.45) is 0 Å². The van der Waals surface area contributed by atoms with Gasteiger partial charge in [0.15, 0.2) is 0 Å². The summed E-state index contributed by atoms with van der Waals surface area (Å²) < 4.78 is 0. The van der Waals surface area contributed by atoms with E-state index in [0.717, 1.165) is 24.2 Å². The Morgan fingerprint density at radius 2 is 2.09 bits per heavy atom. The van der Waals surface area contributed by atoms with E-state index in [4.69, 9.17) is 5.11 Å². The number of nitrogens with zero attached hydrogens (tertiary/aromatic N) is 1. The summed E-state index contributed by atoms with van der Waals surface area (Å²) in [5.74, 6) is 0.679. The maximum Gasteiger partial charge on any atom is 0.132 e. The molecule has 0 aliphatic heterocycles. The van der Waals surface area contributed by atoms with Crippen LogP contribution < -0.4 is 0 Å². The summed E-state index contributed by atoms with van der Waals surface area (Å²) in [6, 6.07) is 0. The van der Waals surface area contributed by atoms with Gasteiger partial charge >= 0.3 is 0 Å². The Balaban J connectivity index is 2.92. The fraction of sp³-hybridized carbons (Fsp3) is 0.625. The van der Waals surface area contributed by atoms with E-state index in [1.165, 1.54) is 0 Å². The Kier molecular flexibility index (Phi) is 2.65. The Morgan fingerprint density at radius 1 is 1.36 bits per heavy atom. The molecule has 0 amide bonds. The molecular weight excluding hydrogens is 140 g/mol. The second-order valence-electron chi connectivity index (χ2n) is 2.47. The van der Waals surface area contributed by atoms with Crippen LogP contribution in [0.3, 0.4) is 0 Å². The van der Waals surface area contributed by atoms with Gasteiger partial charge in [0, 0.05) is 5.69 Å². The second-order valence-corrected chi connectivity index (χ2v) is 2.47. The highest BCUT2D eigenvalue weighted by molar-refractivity contribution is 5.14. The van der Waals surface area contributed by atoms with Crippen molar-refractivity contribution in [2.75, 3.05) is 0 Å². The first kappa shape index (κ1) is 8.27. The number of imidazole rings is 1. The molecular formula is C8H14N2O. The second kappa shape index (κ2) is 3.53. The van der Waals surface area contributed by atoms with Gasteiger partial charge in [-0.1, -0.05) is 13.8 Å². The third-order valence-electron chi connectivity index (χ3n) is 1.75. The smallest absolute Gasteiger partial charge is 0.132 e. The molecule has 2 N–H and O–H groups in total. The van der Waals surface area contributed by atoms with Crippen molar-refractivity contribution in [3.05, 3.63) is 17.2 Å². The van der Waals surface area contributed by atoms with Crippen molar-refractivity contribution in [3.8, 4) is 0 Å². The SMILES string of the molecule is CCc1nc(CO)[nH]c1CC. The predicted octanol–water partition coefficient (Wildman–Crippen LogP) is 1.03. The van der Waals surface area contributed by atoms with Crippen LogP contribution in [0.2, 0.25) is 0 Å². The summed E-state index contributed by atoms with van der Waals surface area (Å²) in [6.45, 7) is 4.15. The number of hydrogen-bond acceptors (Lipinski definition) is 2. The molecule has 1 aromatic rings. The molecule has 0 unspecified atom stereocenters. The van der Waals surface area contributed by atoms with E-state index < -0.39 is 0 Å². The molecule has 0 saturated heterocycles. The van der Waals surface area contributed by atoms with Gasteiger partial charge in [-0.25, -0.2) is 4.98 Å². The van der Waals surface area contributed by atoms with Crippen LogP contribution in [0.15, 0.2) is 0 Å². The molecule has 1 aromatic heterocycles. The zero-order valence-electron chi connectivity index (χ0n) is 7.02. The number of H-pyrrole nitrogens is 1. The van der Waals surface area contributed by atoms with Crippen LogP contribution in [-0.2, 0) is 19.4 Å². The number of aliphatic hydroxyl groups is 1. The number of nitrogens with one attached hydrogen (secondary N) is 1. The highest BCUT2D eigenvalue weighted by atomic mass is 16.3. The van der Waals surface area contributed by atoms with E-state index in [-0.39, 0.29) is 6.61 Å². The van der Waals surface area contributed by atoms with Gasteiger partial charge in [-0.2, -0.15) is 0 Å². The Labute approximate surface area is 66.5 Å². The standard InChI is InChI=1S/C8H14N2O/c1-3-6-7(4-2)10-8(5-11)9-6/h11H,3-5H2,1-2H3,(H,9,10). The van der Waals surface area contributed by atoms with Gasteiger partial charge in [0.1, 0.15) is 12.4 Å². The average Bonchev–Trinajstić information content (AvgIpc) is 2.46. The zero-order valence-corrected chi connectivity index (χ0v) is 7.02. The largest absolute Gasteiger partial charge is 0.388 e. The lowest BCUT2D eigenvalue weighted by atomic mass is 10.2. The molecule has 0 spiro atoms. The van der Waals surface area contributed by atoms with Crippen molar-refractivity contribution in [1.82, 2.24) is 9.97 Å². The molecule has 0 saturated carbocycles. The van der Waals surface area contributed by atoms with E-state index in [1.807, 2.05) is 0 Å². The molecule has 3 heteroatoms. The minimum Gasteiger partial charge on any atom is -0.388 e. The van der Waals surface area contributed by atoms with Crippen LogP contribution in [0, 0.1) is 0 Å². The minimum atomic E-state index is 0.00694. The maximum absolute atomic E-state index is 8.77. The molecule has 0 radical (unpaired) electrons. The van der Waals surface area contributed by atoms with Crippen molar-refractivity contribution in [3.63, 3.8) is 0 Å². The van der Waals surface area contributed by atoms with Crippen LogP contribution in [0.5, 0.6) is 0 Å². The number of aromatic amines is 1. The van der Waals surface area contributed by atoms with Crippen LogP contribution in [0.25, 0.3) is 0 Å². The topological polar surface area (TPSA) is 48.9 Å². The Morgan fingerprint density at radius 3 is 2.45 bits per heavy atom. The third-order valence-corrected chi connectivity index (χ3v) is 1.75. The van der Waals surface area contributed by atoms with Gasteiger partial charge in [-0.15, -0.1) is 0 Å². The summed E-state index contributed by atoms with van der Waals surface area (Å²) in [7, 11) is 0. The first-order valence-electron chi connectivity index (χ1n) is 3.99. The lowest BCUT2D eigenvalue weighted by Crippen LogP contribution is -1.87. The van der Waals surface area contributed by atoms with E-state index in [1.54, 1.807) is 0 Å². The van der Waals surface area contributed by atoms with Crippen LogP contribution in [0.1, 0.15) is 31.1 Å². The normalized spacial score (nSPS) is 10.5. The lowest BCUT2D eigenvalue weighted by Gasteiger charge is -1.91. The van der Waals surface area contributed by atoms with E-state index in [2.05, 4.69) is 23.8 Å². The van der Waals surface area contributed by atoms with Crippen LogP contribution >= 0.6 is 0 Å². The summed E-state index contributed by atoms with van der Waals surface area (Å²) in [4.78, 5) is 7.28. The number of aliphatic hydroxyl groups excluding tert-OH is 1. The molecule has 0 fully saturated rings. The van der Waals surface area contributed by atoms with Crippen LogP contribution in [0.4, 0.5) is 0 Å². The van der Waals surface area contributed by atoms with Crippen molar-refractivity contribution >= 4 is 0 Å². The van der Waals surface area contributed by atoms with Gasteiger partial charge in [-0.05, 0) is 12.8 Å². The summed E-state index contributed by atoms with van der Waals surface area (Å²) in [6.07, 6.45) is 1.88. The monoisotopic (exact) mass is 154 g/mol. The average molecular weight is 154 g/mol. The molecule has 1 rings (SSSR count). The van der Waals surface area contributed by atoms with E-state index >= 15 is 0 Å². The van der Waals surface area contributed by atoms with Crippen molar-refractivity contribution in [2.45, 2.75) is 33.3 Å². The first-order valence-corrected chi connectivity index (χ1v) is 3.99. The Hall–Kier alpha value is -0.830. The van der Waals surface area contributed by atoms with Crippen LogP contribution in [-0.4, -0.2) is 15.1 Å². The van der Waals surface area contributed by atoms with Gasteiger partial charge < -0.3 is 10.1 Å². The molecule has 3 nitrogen and oxygen atoms in total. The number of rotatable bonds is 3. The number of aromatic nitrogens is 2. The predicted molar refractivity (Wildman–Crippen MR) is 43.3 cm³/mol. The van der Waals surface area contributed by atoms with Gasteiger partial charge in [0.05, 0.1) is 5.69 Å². The lowest BCUT2D eigenvalue weighted by molar-refractivity contribution is 0.272. The fourth-order valence-electron chi connectivity index (χ4n) is 1.16. The summed E-state index contributed by atoms with van der Waals surface area (Å²) in [5, 5.41) is 8.77. The first-order chi connectivity index (χ1) is 5.31. The molecule has 0 aliphatic carbocycles. The Bertz CT molecular complexity index is 208. The molecule has 1 heterocycles. The van der Waals surface area contributed by atoms with Crippen molar-refractivity contribution < 1.29 is 5.11 Å². The zero-order chi connectivity index (χ0) is 8.27. The maximum atomic E-state index is 8.77. The van der Waals surface area contributed by atoms with Gasteiger partial charge in [0.2, 0.25) is 0 Å². The molecule has 0 aliphatic rings. The minimum absolute atomic E-state index is 0.00694. The summed E-state index contributed by atoms with van der Waals surface area (Å²) in [5.41, 5.74) is 2.23.